The van der Waals surface area contributed by atoms with Gasteiger partial charge in [-0.3, -0.25) is 0 Å². The number of anilines is 1. The third-order valence-corrected chi connectivity index (χ3v) is 3.83. The molecule has 2 N–H and O–H groups in total. The molecule has 4 rings (SSSR count). The molecule has 2 fully saturated rings. The molecule has 2 aliphatic heterocycles. The van der Waals surface area contributed by atoms with E-state index >= 15 is 0 Å². The summed E-state index contributed by atoms with van der Waals surface area (Å²) >= 11 is 0. The van der Waals surface area contributed by atoms with Crippen molar-refractivity contribution < 1.29 is 0 Å². The Bertz CT molecular complexity index is 385. The van der Waals surface area contributed by atoms with E-state index in [2.05, 4.69) is 46.8 Å². The lowest BCUT2D eigenvalue weighted by atomic mass is 10.1. The van der Waals surface area contributed by atoms with Crippen LogP contribution in [-0.4, -0.2) is 44.2 Å². The lowest BCUT2D eigenvalue weighted by Gasteiger charge is -2.21. The summed E-state index contributed by atoms with van der Waals surface area (Å²) < 4.78 is 0. The second kappa shape index (κ2) is 4.67. The van der Waals surface area contributed by atoms with Crippen LogP contribution in [0.25, 0.3) is 0 Å². The van der Waals surface area contributed by atoms with E-state index in [0.717, 1.165) is 25.0 Å². The van der Waals surface area contributed by atoms with Gasteiger partial charge in [-0.25, -0.2) is 0 Å². The molecule has 1 saturated carbocycles. The monoisotopic (exact) mass is 231 g/mol. The van der Waals surface area contributed by atoms with Crippen molar-refractivity contribution >= 4 is 5.69 Å². The number of rotatable bonds is 0. The van der Waals surface area contributed by atoms with Crippen LogP contribution in [0.3, 0.4) is 0 Å². The Labute approximate surface area is 103 Å². The van der Waals surface area contributed by atoms with Crippen molar-refractivity contribution in [2.75, 3.05) is 38.5 Å². The van der Waals surface area contributed by atoms with E-state index in [1.165, 1.54) is 30.8 Å². The quantitative estimate of drug-likeness (QED) is 0.708. The Morgan fingerprint density at radius 2 is 1.94 bits per heavy atom. The first-order valence-corrected chi connectivity index (χ1v) is 6.59. The smallest absolute Gasteiger partial charge is 0.0378 e. The van der Waals surface area contributed by atoms with Crippen LogP contribution in [0.5, 0.6) is 0 Å². The molecular formula is C14H21N3. The maximum absolute atomic E-state index is 3.47. The number of benzene rings is 1. The first-order chi connectivity index (χ1) is 8.34. The third kappa shape index (κ3) is 2.45. The SMILES string of the molecule is CN1CCNCC1.c1ccc2c(c1)NC1CC21. The molecule has 2 unspecified atom stereocenters. The number of nitrogens with zero attached hydrogens (tertiary/aromatic N) is 1. The van der Waals surface area contributed by atoms with Gasteiger partial charge in [-0.2, -0.15) is 0 Å². The van der Waals surface area contributed by atoms with E-state index in [1.807, 2.05) is 0 Å². The van der Waals surface area contributed by atoms with Gasteiger partial charge in [0.05, 0.1) is 0 Å². The van der Waals surface area contributed by atoms with Crippen molar-refractivity contribution in [1.29, 1.82) is 0 Å². The molecule has 17 heavy (non-hydrogen) atoms. The average Bonchev–Trinajstić information content (AvgIpc) is 3.04. The second-order valence-electron chi connectivity index (χ2n) is 5.23. The van der Waals surface area contributed by atoms with Gasteiger partial charge in [-0.15, -0.1) is 0 Å². The fraction of sp³-hybridized carbons (Fsp3) is 0.571. The average molecular weight is 231 g/mol. The van der Waals surface area contributed by atoms with Crippen LogP contribution in [0.1, 0.15) is 17.9 Å². The van der Waals surface area contributed by atoms with Gasteiger partial charge in [-0.1, -0.05) is 18.2 Å². The van der Waals surface area contributed by atoms with E-state index in [-0.39, 0.29) is 0 Å². The molecule has 0 aromatic heterocycles. The summed E-state index contributed by atoms with van der Waals surface area (Å²) in [5, 5.41) is 6.74. The molecule has 0 spiro atoms. The Morgan fingerprint density at radius 3 is 2.59 bits per heavy atom. The molecule has 1 aromatic rings. The number of likely N-dealkylation sites (N-methyl/N-ethyl adjacent to an activating group) is 1. The van der Waals surface area contributed by atoms with Gasteiger partial charge in [0.1, 0.15) is 0 Å². The van der Waals surface area contributed by atoms with Crippen LogP contribution in [-0.2, 0) is 0 Å². The lowest BCUT2D eigenvalue weighted by molar-refractivity contribution is 0.291. The Hall–Kier alpha value is -1.06. The highest BCUT2D eigenvalue weighted by Crippen LogP contribution is 2.51. The van der Waals surface area contributed by atoms with Crippen molar-refractivity contribution in [1.82, 2.24) is 10.2 Å². The molecule has 0 radical (unpaired) electrons. The number of fused-ring (bicyclic) bond motifs is 3. The molecule has 0 bridgehead atoms. The molecule has 3 nitrogen and oxygen atoms in total. The van der Waals surface area contributed by atoms with Gasteiger partial charge in [0.2, 0.25) is 0 Å². The zero-order valence-electron chi connectivity index (χ0n) is 10.4. The summed E-state index contributed by atoms with van der Waals surface area (Å²) in [6, 6.07) is 9.41. The van der Waals surface area contributed by atoms with Crippen molar-refractivity contribution in [3.63, 3.8) is 0 Å². The topological polar surface area (TPSA) is 27.3 Å². The summed E-state index contributed by atoms with van der Waals surface area (Å²) in [6.07, 6.45) is 1.36. The summed E-state index contributed by atoms with van der Waals surface area (Å²) in [5.41, 5.74) is 2.90. The van der Waals surface area contributed by atoms with E-state index in [9.17, 15) is 0 Å². The van der Waals surface area contributed by atoms with Gasteiger partial charge in [-0.05, 0) is 25.1 Å². The highest BCUT2D eigenvalue weighted by atomic mass is 15.2. The van der Waals surface area contributed by atoms with Crippen LogP contribution in [0, 0.1) is 0 Å². The van der Waals surface area contributed by atoms with E-state index in [1.54, 1.807) is 0 Å². The first-order valence-electron chi connectivity index (χ1n) is 6.59. The predicted molar refractivity (Wildman–Crippen MR) is 71.6 cm³/mol. The van der Waals surface area contributed by atoms with Gasteiger partial charge < -0.3 is 15.5 Å². The minimum Gasteiger partial charge on any atom is -0.381 e. The van der Waals surface area contributed by atoms with Gasteiger partial charge in [0, 0.05) is 43.8 Å². The van der Waals surface area contributed by atoms with E-state index in [4.69, 9.17) is 0 Å². The Balaban J connectivity index is 0.000000115. The molecule has 2 atom stereocenters. The molecule has 0 amide bonds. The third-order valence-electron chi connectivity index (χ3n) is 3.83. The summed E-state index contributed by atoms with van der Waals surface area (Å²) in [6.45, 7) is 4.74. The lowest BCUT2D eigenvalue weighted by Crippen LogP contribution is -2.40. The van der Waals surface area contributed by atoms with Crippen molar-refractivity contribution in [3.05, 3.63) is 29.8 Å². The van der Waals surface area contributed by atoms with Crippen LogP contribution in [0.4, 0.5) is 5.69 Å². The Kier molecular flexibility index (Phi) is 3.04. The zero-order valence-corrected chi connectivity index (χ0v) is 10.4. The standard InChI is InChI=1S/C9H9N.C5H12N2/c1-2-4-8-6(3-1)7-5-9(7)10-8;1-7-4-2-6-3-5-7/h1-4,7,9-10H,5H2;6H,2-5H2,1H3. The van der Waals surface area contributed by atoms with Crippen molar-refractivity contribution in [2.45, 2.75) is 18.4 Å². The van der Waals surface area contributed by atoms with Gasteiger partial charge >= 0.3 is 0 Å². The molecule has 3 aliphatic rings. The number of para-hydroxylation sites is 1. The predicted octanol–water partition coefficient (Wildman–Crippen LogP) is 1.49. The summed E-state index contributed by atoms with van der Waals surface area (Å²) in [5.74, 6) is 0.858. The molecule has 1 saturated heterocycles. The largest absolute Gasteiger partial charge is 0.381 e. The van der Waals surface area contributed by atoms with E-state index < -0.39 is 0 Å². The van der Waals surface area contributed by atoms with Crippen molar-refractivity contribution in [3.8, 4) is 0 Å². The normalized spacial score (nSPS) is 29.5. The number of hydrogen-bond donors (Lipinski definition) is 2. The molecular weight excluding hydrogens is 210 g/mol. The molecule has 92 valence electrons. The Morgan fingerprint density at radius 1 is 1.18 bits per heavy atom. The minimum atomic E-state index is 0.789. The second-order valence-corrected chi connectivity index (χ2v) is 5.23. The highest BCUT2D eigenvalue weighted by molar-refractivity contribution is 5.63. The first kappa shape index (κ1) is 11.1. The summed E-state index contributed by atoms with van der Waals surface area (Å²) in [4.78, 5) is 2.33. The fourth-order valence-electron chi connectivity index (χ4n) is 2.63. The molecule has 1 aromatic carbocycles. The molecule has 2 heterocycles. The number of hydrogen-bond acceptors (Lipinski definition) is 3. The van der Waals surface area contributed by atoms with Crippen LogP contribution < -0.4 is 10.6 Å². The maximum Gasteiger partial charge on any atom is 0.0378 e. The molecule has 1 aliphatic carbocycles. The van der Waals surface area contributed by atoms with Crippen molar-refractivity contribution in [2.24, 2.45) is 0 Å². The van der Waals surface area contributed by atoms with Crippen LogP contribution in [0.15, 0.2) is 24.3 Å². The highest BCUT2D eigenvalue weighted by Gasteiger charge is 2.44. The van der Waals surface area contributed by atoms with E-state index in [0.29, 0.717) is 0 Å². The fourth-order valence-corrected chi connectivity index (χ4v) is 2.63. The maximum atomic E-state index is 3.47. The van der Waals surface area contributed by atoms with Gasteiger partial charge in [0.15, 0.2) is 0 Å². The number of nitrogens with one attached hydrogen (secondary N) is 2. The van der Waals surface area contributed by atoms with Gasteiger partial charge in [0.25, 0.3) is 0 Å². The molecule has 3 heteroatoms. The number of piperazine rings is 1. The minimum absolute atomic E-state index is 0.789. The summed E-state index contributed by atoms with van der Waals surface area (Å²) in [7, 11) is 2.15. The van der Waals surface area contributed by atoms with Crippen LogP contribution >= 0.6 is 0 Å². The zero-order chi connectivity index (χ0) is 11.7. The van der Waals surface area contributed by atoms with Crippen LogP contribution in [0.2, 0.25) is 0 Å².